The Morgan fingerprint density at radius 3 is 2.52 bits per heavy atom. The number of hydrogen-bond acceptors (Lipinski definition) is 7. The molecule has 3 aliphatic heterocycles. The summed E-state index contributed by atoms with van der Waals surface area (Å²) < 4.78 is 13.1. The Morgan fingerprint density at radius 2 is 1.88 bits per heavy atom. The first-order valence-corrected chi connectivity index (χ1v) is 18.3. The number of halogens is 1. The highest BCUT2D eigenvalue weighted by Crippen LogP contribution is 2.60. The van der Waals surface area contributed by atoms with Crippen molar-refractivity contribution in [2.45, 2.75) is 105 Å². The van der Waals surface area contributed by atoms with Crippen molar-refractivity contribution in [2.24, 2.45) is 11.8 Å². The second-order valence-electron chi connectivity index (χ2n) is 13.7. The van der Waals surface area contributed by atoms with Gasteiger partial charge in [-0.25, -0.2) is 0 Å². The van der Waals surface area contributed by atoms with Gasteiger partial charge in [-0.15, -0.1) is 13.2 Å². The number of rotatable bonds is 15. The Labute approximate surface area is 292 Å². The third-order valence-electron chi connectivity index (χ3n) is 10.9. The summed E-state index contributed by atoms with van der Waals surface area (Å²) in [4.78, 5) is 61.3. The maximum atomic E-state index is 14.7. The van der Waals surface area contributed by atoms with Gasteiger partial charge in [-0.2, -0.15) is 0 Å². The standard InChI is InChI=1S/C37H50BrN3O7/c1-5-7-19-28(43)39(4)24(3)31(25-15-10-8-11-16-25)47-36(46)29-30-34(44)41(21-14-22-42)33(37(30)23-27(38)32(29)48-37)35(45)40(20-6-2)26-17-12-9-13-18-26/h5-6,8,10-11,15-16,24,26-27,29-33,42H,1-2,7,9,12-14,17-23H2,3-4H3/t24-,27?,29+,30-,31+,32+,33+,37-/m0/s1. The number of carbonyl (C=O) groups excluding carboxylic acids is 4. The smallest absolute Gasteiger partial charge is 0.313 e. The number of carbonyl (C=O) groups is 4. The third-order valence-corrected chi connectivity index (χ3v) is 11.7. The van der Waals surface area contributed by atoms with Gasteiger partial charge in [0.25, 0.3) is 0 Å². The second kappa shape index (κ2) is 15.7. The number of ether oxygens (including phenoxy) is 2. The van der Waals surface area contributed by atoms with Gasteiger partial charge in [0.15, 0.2) is 0 Å². The predicted octanol–water partition coefficient (Wildman–Crippen LogP) is 4.56. The summed E-state index contributed by atoms with van der Waals surface area (Å²) in [5, 5.41) is 9.75. The zero-order chi connectivity index (χ0) is 34.6. The summed E-state index contributed by atoms with van der Waals surface area (Å²) in [6, 6.07) is 7.86. The van der Waals surface area contributed by atoms with E-state index >= 15 is 0 Å². The highest BCUT2D eigenvalue weighted by atomic mass is 79.9. The van der Waals surface area contributed by atoms with Crippen molar-refractivity contribution >= 4 is 39.6 Å². The number of esters is 1. The van der Waals surface area contributed by atoms with Crippen molar-refractivity contribution < 1.29 is 33.8 Å². The molecular weight excluding hydrogens is 678 g/mol. The van der Waals surface area contributed by atoms with Crippen LogP contribution in [-0.2, 0) is 28.7 Å². The molecule has 262 valence electrons. The molecule has 48 heavy (non-hydrogen) atoms. The molecule has 4 fully saturated rings. The first-order valence-electron chi connectivity index (χ1n) is 17.4. The molecule has 4 aliphatic rings. The Bertz CT molecular complexity index is 1350. The number of alkyl halides is 1. The molecular formula is C37H50BrN3O7. The summed E-state index contributed by atoms with van der Waals surface area (Å²) in [6.07, 6.45) is 8.38. The van der Waals surface area contributed by atoms with Gasteiger partial charge in [0.2, 0.25) is 17.7 Å². The molecule has 1 saturated carbocycles. The van der Waals surface area contributed by atoms with Crippen LogP contribution < -0.4 is 0 Å². The van der Waals surface area contributed by atoms with Crippen molar-refractivity contribution in [3.63, 3.8) is 0 Å². The van der Waals surface area contributed by atoms with Crippen LogP contribution in [0.3, 0.4) is 0 Å². The van der Waals surface area contributed by atoms with Crippen LogP contribution in [0.15, 0.2) is 55.6 Å². The van der Waals surface area contributed by atoms with E-state index in [2.05, 4.69) is 29.1 Å². The Hall–Kier alpha value is -3.02. The molecule has 5 rings (SSSR count). The van der Waals surface area contributed by atoms with Crippen LogP contribution in [0.5, 0.6) is 0 Å². The minimum absolute atomic E-state index is 0.0351. The highest BCUT2D eigenvalue weighted by molar-refractivity contribution is 9.09. The van der Waals surface area contributed by atoms with E-state index in [4.69, 9.17) is 9.47 Å². The number of allylic oxidation sites excluding steroid dienone is 1. The van der Waals surface area contributed by atoms with Crippen molar-refractivity contribution in [1.82, 2.24) is 14.7 Å². The molecule has 1 N–H and O–H groups in total. The van der Waals surface area contributed by atoms with E-state index in [0.29, 0.717) is 25.8 Å². The first-order chi connectivity index (χ1) is 23.1. The summed E-state index contributed by atoms with van der Waals surface area (Å²) in [6.45, 7) is 9.84. The first kappa shape index (κ1) is 36.3. The number of aliphatic hydroxyl groups is 1. The van der Waals surface area contributed by atoms with E-state index in [1.54, 1.807) is 29.0 Å². The van der Waals surface area contributed by atoms with E-state index in [-0.39, 0.29) is 48.2 Å². The van der Waals surface area contributed by atoms with E-state index in [0.717, 1.165) is 37.7 Å². The molecule has 8 atom stereocenters. The van der Waals surface area contributed by atoms with Crippen molar-refractivity contribution in [3.05, 3.63) is 61.2 Å². The Balaban J connectivity index is 1.48. The lowest BCUT2D eigenvalue weighted by atomic mass is 9.70. The third kappa shape index (κ3) is 6.74. The van der Waals surface area contributed by atoms with Crippen LogP contribution in [-0.4, -0.2) is 105 Å². The normalized spacial score (nSPS) is 29.2. The van der Waals surface area contributed by atoms with Gasteiger partial charge in [-0.1, -0.05) is 77.7 Å². The summed E-state index contributed by atoms with van der Waals surface area (Å²) in [5.41, 5.74) is -0.509. The SMILES string of the molecule is C=CCCC(=O)N(C)[C@@H](C)[C@@H](OC(=O)[C@H]1[C@@H]2O[C@@]3(CC2Br)[C@@H]1C(=O)N(CCCO)[C@@H]3C(=O)N(CC=C)C1CCCCC1)c1ccccc1. The number of likely N-dealkylation sites (N-methyl/N-ethyl adjacent to an activating group) is 1. The number of fused-ring (bicyclic) bond motifs is 1. The van der Waals surface area contributed by atoms with Crippen molar-refractivity contribution in [2.75, 3.05) is 26.7 Å². The van der Waals surface area contributed by atoms with Gasteiger partial charge >= 0.3 is 5.97 Å². The average molecular weight is 729 g/mol. The second-order valence-corrected chi connectivity index (χ2v) is 14.9. The number of hydrogen-bond donors (Lipinski definition) is 1. The van der Waals surface area contributed by atoms with Gasteiger partial charge in [-0.3, -0.25) is 19.2 Å². The monoisotopic (exact) mass is 727 g/mol. The molecule has 11 heteroatoms. The van der Waals surface area contributed by atoms with Crippen LogP contribution >= 0.6 is 15.9 Å². The zero-order valence-corrected chi connectivity index (χ0v) is 29.8. The highest BCUT2D eigenvalue weighted by Gasteiger charge is 2.77. The van der Waals surface area contributed by atoms with Crippen LogP contribution in [0.4, 0.5) is 0 Å². The van der Waals surface area contributed by atoms with E-state index in [1.165, 1.54) is 0 Å². The maximum absolute atomic E-state index is 14.7. The zero-order valence-electron chi connectivity index (χ0n) is 28.2. The molecule has 2 bridgehead atoms. The molecule has 10 nitrogen and oxygen atoms in total. The maximum Gasteiger partial charge on any atom is 0.313 e. The van der Waals surface area contributed by atoms with Gasteiger partial charge in [0.1, 0.15) is 17.7 Å². The largest absolute Gasteiger partial charge is 0.455 e. The number of aliphatic hydroxyl groups excluding tert-OH is 1. The fraction of sp³-hybridized carbons (Fsp3) is 0.622. The van der Waals surface area contributed by atoms with Crippen LogP contribution in [0.1, 0.15) is 76.4 Å². The molecule has 0 radical (unpaired) electrons. The minimum Gasteiger partial charge on any atom is -0.455 e. The van der Waals surface area contributed by atoms with Gasteiger partial charge in [0.05, 0.1) is 24.0 Å². The summed E-state index contributed by atoms with van der Waals surface area (Å²) in [7, 11) is 1.70. The van der Waals surface area contributed by atoms with E-state index < -0.39 is 47.7 Å². The lowest BCUT2D eigenvalue weighted by molar-refractivity contribution is -0.164. The molecule has 1 aromatic carbocycles. The van der Waals surface area contributed by atoms with Gasteiger partial charge in [0, 0.05) is 44.0 Å². The predicted molar refractivity (Wildman–Crippen MR) is 185 cm³/mol. The Kier molecular flexibility index (Phi) is 11.8. The molecule has 3 amide bonds. The van der Waals surface area contributed by atoms with E-state index in [1.807, 2.05) is 42.2 Å². The quantitative estimate of drug-likeness (QED) is 0.160. The van der Waals surface area contributed by atoms with Crippen molar-refractivity contribution in [1.29, 1.82) is 0 Å². The van der Waals surface area contributed by atoms with Crippen LogP contribution in [0.25, 0.3) is 0 Å². The lowest BCUT2D eigenvalue weighted by Gasteiger charge is -2.41. The van der Waals surface area contributed by atoms with E-state index in [9.17, 15) is 24.3 Å². The molecule has 1 spiro atoms. The number of likely N-dealkylation sites (tertiary alicyclic amines) is 1. The minimum atomic E-state index is -1.23. The fourth-order valence-corrected chi connectivity index (χ4v) is 9.33. The lowest BCUT2D eigenvalue weighted by Crippen LogP contribution is -2.58. The van der Waals surface area contributed by atoms with Crippen molar-refractivity contribution in [3.8, 4) is 0 Å². The fourth-order valence-electron chi connectivity index (χ4n) is 8.39. The van der Waals surface area contributed by atoms with Gasteiger partial charge in [-0.05, 0) is 44.6 Å². The molecule has 3 heterocycles. The number of benzene rings is 1. The average Bonchev–Trinajstić information content (AvgIpc) is 3.70. The van der Waals surface area contributed by atoms with Gasteiger partial charge < -0.3 is 29.3 Å². The molecule has 1 aromatic rings. The summed E-state index contributed by atoms with van der Waals surface area (Å²) >= 11 is 3.75. The van der Waals surface area contributed by atoms with Crippen LogP contribution in [0, 0.1) is 11.8 Å². The number of nitrogens with zero attached hydrogens (tertiary/aromatic N) is 3. The Morgan fingerprint density at radius 1 is 1.17 bits per heavy atom. The van der Waals surface area contributed by atoms with Crippen LogP contribution in [0.2, 0.25) is 0 Å². The summed E-state index contributed by atoms with van der Waals surface area (Å²) in [5.74, 6) is -3.10. The molecule has 3 saturated heterocycles. The topological polar surface area (TPSA) is 117 Å². The molecule has 1 aliphatic carbocycles. The molecule has 1 unspecified atom stereocenters. The number of amides is 3. The molecule has 0 aromatic heterocycles.